The zero-order valence-electron chi connectivity index (χ0n) is 24.8. The Morgan fingerprint density at radius 3 is 2.46 bits per heavy atom. The number of carbonyl (C=O) groups excluding carboxylic acids is 2. The third-order valence-electron chi connectivity index (χ3n) is 8.28. The van der Waals surface area contributed by atoms with Gasteiger partial charge in [-0.25, -0.2) is 4.98 Å². The van der Waals surface area contributed by atoms with Gasteiger partial charge in [0.2, 0.25) is 5.91 Å². The molecule has 0 unspecified atom stereocenters. The molecule has 3 heterocycles. The molecule has 0 spiro atoms. The lowest BCUT2D eigenvalue weighted by Crippen LogP contribution is -2.48. The molecule has 3 aromatic carbocycles. The molecule has 242 valence electrons. The molecule has 2 aliphatic rings. The molecule has 46 heavy (non-hydrogen) atoms. The van der Waals surface area contributed by atoms with Crippen LogP contribution in [0.3, 0.4) is 0 Å². The zero-order valence-corrected chi connectivity index (χ0v) is 26.4. The number of nitrogens with one attached hydrogen (secondary N) is 1. The van der Waals surface area contributed by atoms with Gasteiger partial charge in [0.1, 0.15) is 6.04 Å². The number of hydrogen-bond donors (Lipinski definition) is 2. The Bertz CT molecular complexity index is 1650. The van der Waals surface area contributed by atoms with Crippen molar-refractivity contribution >= 4 is 50.8 Å². The van der Waals surface area contributed by atoms with Gasteiger partial charge in [-0.05, 0) is 48.2 Å². The van der Waals surface area contributed by atoms with Crippen LogP contribution in [-0.2, 0) is 25.7 Å². The summed E-state index contributed by atoms with van der Waals surface area (Å²) in [6.07, 6.45) is -5.82. The monoisotopic (exact) mass is 671 g/mol. The fraction of sp³-hybridized carbons (Fsp3) is 0.364. The van der Waals surface area contributed by atoms with E-state index in [2.05, 4.69) is 12.2 Å². The van der Waals surface area contributed by atoms with E-state index < -0.39 is 30.3 Å². The Labute approximate surface area is 271 Å². The lowest BCUT2D eigenvalue weighted by Gasteiger charge is -2.41. The fourth-order valence-corrected chi connectivity index (χ4v) is 8.03. The van der Waals surface area contributed by atoms with Crippen LogP contribution in [0.25, 0.3) is 10.2 Å². The van der Waals surface area contributed by atoms with Gasteiger partial charge in [0, 0.05) is 29.5 Å². The number of para-hydroxylation sites is 1. The summed E-state index contributed by atoms with van der Waals surface area (Å²) in [6.45, 7) is 1.90. The highest BCUT2D eigenvalue weighted by molar-refractivity contribution is 8.01. The second-order valence-electron chi connectivity index (χ2n) is 11.3. The quantitative estimate of drug-likeness (QED) is 0.197. The van der Waals surface area contributed by atoms with Gasteiger partial charge in [-0.1, -0.05) is 67.2 Å². The van der Waals surface area contributed by atoms with Gasteiger partial charge < -0.3 is 24.8 Å². The highest BCUT2D eigenvalue weighted by atomic mass is 32.2. The SMILES string of the molecule is C[C@@H]1[C@H](CSc2nc3ccccc3s2)O[C@H](c2ccc(NC(=O)[C@@H]3CCCN3C(=O)C(F)(F)F)cc2)O[C@@H]1c1ccc(CO)cc1. The van der Waals surface area contributed by atoms with Crippen LogP contribution in [0.15, 0.2) is 77.1 Å². The van der Waals surface area contributed by atoms with E-state index in [4.69, 9.17) is 14.5 Å². The molecule has 2 saturated heterocycles. The second-order valence-corrected chi connectivity index (χ2v) is 13.6. The van der Waals surface area contributed by atoms with E-state index >= 15 is 0 Å². The first-order valence-corrected chi connectivity index (χ1v) is 16.7. The fourth-order valence-electron chi connectivity index (χ4n) is 5.77. The molecule has 2 N–H and O–H groups in total. The van der Waals surface area contributed by atoms with Crippen LogP contribution in [0.5, 0.6) is 0 Å². The number of aliphatic hydroxyl groups excluding tert-OH is 1. The first kappa shape index (κ1) is 32.5. The number of rotatable bonds is 8. The molecule has 4 aromatic rings. The van der Waals surface area contributed by atoms with Crippen molar-refractivity contribution in [3.63, 3.8) is 0 Å². The van der Waals surface area contributed by atoms with Crippen LogP contribution in [0, 0.1) is 5.92 Å². The Kier molecular flexibility index (Phi) is 9.67. The maximum absolute atomic E-state index is 13.0. The number of carbonyl (C=O) groups is 2. The summed E-state index contributed by atoms with van der Waals surface area (Å²) in [6, 6.07) is 21.2. The molecule has 0 radical (unpaired) electrons. The molecule has 2 amide bonds. The minimum atomic E-state index is -5.04. The van der Waals surface area contributed by atoms with E-state index in [0.717, 1.165) is 25.7 Å². The summed E-state index contributed by atoms with van der Waals surface area (Å²) < 4.78 is 54.2. The largest absolute Gasteiger partial charge is 0.471 e. The molecule has 8 nitrogen and oxygen atoms in total. The number of nitrogens with zero attached hydrogens (tertiary/aromatic N) is 2. The number of likely N-dealkylation sites (tertiary alicyclic amines) is 1. The van der Waals surface area contributed by atoms with Gasteiger partial charge in [-0.15, -0.1) is 11.3 Å². The summed E-state index contributed by atoms with van der Waals surface area (Å²) in [7, 11) is 0. The van der Waals surface area contributed by atoms with Crippen molar-refractivity contribution in [2.45, 2.75) is 61.4 Å². The highest BCUT2D eigenvalue weighted by Crippen LogP contribution is 2.43. The average Bonchev–Trinajstić information content (AvgIpc) is 3.71. The van der Waals surface area contributed by atoms with Crippen molar-refractivity contribution in [1.82, 2.24) is 9.88 Å². The Balaban J connectivity index is 1.18. The van der Waals surface area contributed by atoms with E-state index in [9.17, 15) is 27.9 Å². The Hall–Kier alpha value is -3.49. The molecule has 0 saturated carbocycles. The normalized spacial score (nSPS) is 23.5. The molecule has 0 aliphatic carbocycles. The summed E-state index contributed by atoms with van der Waals surface area (Å²) in [5, 5.41) is 12.2. The molecular weight excluding hydrogens is 640 g/mol. The number of thiazole rings is 1. The molecule has 1 aromatic heterocycles. The van der Waals surface area contributed by atoms with Gasteiger partial charge in [0.15, 0.2) is 10.6 Å². The zero-order chi connectivity index (χ0) is 32.4. The van der Waals surface area contributed by atoms with Gasteiger partial charge in [0.05, 0.1) is 29.0 Å². The van der Waals surface area contributed by atoms with Crippen molar-refractivity contribution in [3.05, 3.63) is 89.5 Å². The minimum absolute atomic E-state index is 0.0227. The third kappa shape index (κ3) is 7.08. The smallest absolute Gasteiger partial charge is 0.392 e. The van der Waals surface area contributed by atoms with Crippen molar-refractivity contribution in [2.75, 3.05) is 17.6 Å². The minimum Gasteiger partial charge on any atom is -0.392 e. The van der Waals surface area contributed by atoms with Crippen molar-refractivity contribution in [3.8, 4) is 0 Å². The van der Waals surface area contributed by atoms with Crippen molar-refractivity contribution in [2.24, 2.45) is 5.92 Å². The van der Waals surface area contributed by atoms with Crippen LogP contribution in [0.2, 0.25) is 0 Å². The molecular formula is C33H32F3N3O5S2. The van der Waals surface area contributed by atoms with Gasteiger partial charge in [-0.3, -0.25) is 9.59 Å². The van der Waals surface area contributed by atoms with Gasteiger partial charge in [-0.2, -0.15) is 13.2 Å². The lowest BCUT2D eigenvalue weighted by molar-refractivity contribution is -0.268. The number of benzene rings is 3. The van der Waals surface area contributed by atoms with E-state index in [-0.39, 0.29) is 37.7 Å². The van der Waals surface area contributed by atoms with Crippen LogP contribution in [0.4, 0.5) is 18.9 Å². The number of alkyl halides is 3. The number of fused-ring (bicyclic) bond motifs is 1. The Morgan fingerprint density at radius 1 is 1.04 bits per heavy atom. The molecule has 5 atom stereocenters. The first-order valence-electron chi connectivity index (χ1n) is 14.9. The number of amides is 2. The molecule has 0 bridgehead atoms. The summed E-state index contributed by atoms with van der Waals surface area (Å²) in [5.41, 5.74) is 3.78. The summed E-state index contributed by atoms with van der Waals surface area (Å²) in [5.74, 6) is -2.06. The topological polar surface area (TPSA) is 101 Å². The first-order chi connectivity index (χ1) is 22.1. The number of halogens is 3. The maximum atomic E-state index is 13.0. The highest BCUT2D eigenvalue weighted by Gasteiger charge is 2.47. The lowest BCUT2D eigenvalue weighted by atomic mass is 9.91. The van der Waals surface area contributed by atoms with Gasteiger partial charge in [0.25, 0.3) is 0 Å². The van der Waals surface area contributed by atoms with Crippen LogP contribution in [-0.4, -0.2) is 57.4 Å². The molecule has 2 fully saturated rings. The summed E-state index contributed by atoms with van der Waals surface area (Å²) in [4.78, 5) is 30.0. The van der Waals surface area contributed by atoms with Crippen molar-refractivity contribution in [1.29, 1.82) is 0 Å². The maximum Gasteiger partial charge on any atom is 0.471 e. The van der Waals surface area contributed by atoms with E-state index in [1.54, 1.807) is 47.4 Å². The van der Waals surface area contributed by atoms with Crippen LogP contribution >= 0.6 is 23.1 Å². The van der Waals surface area contributed by atoms with Gasteiger partial charge >= 0.3 is 12.1 Å². The van der Waals surface area contributed by atoms with E-state index in [0.29, 0.717) is 28.3 Å². The molecule has 6 rings (SSSR count). The molecule has 13 heteroatoms. The van der Waals surface area contributed by atoms with E-state index in [1.807, 2.05) is 48.5 Å². The third-order valence-corrected chi connectivity index (χ3v) is 10.5. The van der Waals surface area contributed by atoms with E-state index in [1.165, 1.54) is 0 Å². The van der Waals surface area contributed by atoms with Crippen molar-refractivity contribution < 1.29 is 37.3 Å². The number of hydrogen-bond acceptors (Lipinski definition) is 8. The predicted molar refractivity (Wildman–Crippen MR) is 169 cm³/mol. The number of anilines is 1. The number of aromatic nitrogens is 1. The molecule has 2 aliphatic heterocycles. The summed E-state index contributed by atoms with van der Waals surface area (Å²) >= 11 is 3.26. The van der Waals surface area contributed by atoms with Crippen LogP contribution in [0.1, 0.15) is 48.8 Å². The average molecular weight is 672 g/mol. The predicted octanol–water partition coefficient (Wildman–Crippen LogP) is 6.86. The number of thioether (sulfide) groups is 1. The van der Waals surface area contributed by atoms with Crippen LogP contribution < -0.4 is 5.32 Å². The second kappa shape index (κ2) is 13.7. The Morgan fingerprint density at radius 2 is 1.76 bits per heavy atom. The standard InChI is InChI=1S/C33H32F3N3O5S2/c1-19-26(18-45-32-38-24-5-2-3-7-27(24)46-32)43-30(44-28(19)21-10-8-20(17-40)9-11-21)22-12-14-23(15-13-22)37-29(41)25-6-4-16-39(25)31(42)33(34,35)36/h2-3,5,7-15,19,25-26,28,30,40H,4,6,16-18H2,1H3,(H,37,41)/t19-,25+,26+,28+,30+/m1/s1. The number of aliphatic hydroxyl groups is 1. The number of ether oxygens (including phenoxy) is 2.